The van der Waals surface area contributed by atoms with E-state index in [0.717, 1.165) is 44.4 Å². The molecule has 0 bridgehead atoms. The summed E-state index contributed by atoms with van der Waals surface area (Å²) in [6.07, 6.45) is 2.86. The maximum atomic E-state index is 6.01. The summed E-state index contributed by atoms with van der Waals surface area (Å²) in [5.74, 6) is 0.823. The van der Waals surface area contributed by atoms with Gasteiger partial charge in [0.1, 0.15) is 5.75 Å². The normalized spacial score (nSPS) is 16.6. The predicted octanol–water partition coefficient (Wildman–Crippen LogP) is 4.34. The Bertz CT molecular complexity index is 1060. The molecule has 1 aromatic heterocycles. The highest BCUT2D eigenvalue weighted by Gasteiger charge is 2.32. The second-order valence-corrected chi connectivity index (χ2v) is 7.87. The Labute approximate surface area is 171 Å². The van der Waals surface area contributed by atoms with Crippen LogP contribution in [0, 0.1) is 0 Å². The maximum Gasteiger partial charge on any atom is 0.187 e. The molecule has 1 unspecified atom stereocenters. The van der Waals surface area contributed by atoms with Crippen LogP contribution in [0.4, 0.5) is 0 Å². The van der Waals surface area contributed by atoms with Gasteiger partial charge in [0.2, 0.25) is 0 Å². The summed E-state index contributed by atoms with van der Waals surface area (Å²) in [5.41, 5.74) is 10.3. The molecule has 0 saturated heterocycles. The Morgan fingerprint density at radius 3 is 2.67 bits per heavy atom. The van der Waals surface area contributed by atoms with Crippen LogP contribution >= 0.6 is 28.1 Å². The summed E-state index contributed by atoms with van der Waals surface area (Å²) >= 11 is 8.77. The van der Waals surface area contributed by atoms with E-state index in [-0.39, 0.29) is 11.2 Å². The van der Waals surface area contributed by atoms with Crippen LogP contribution in [0.5, 0.6) is 5.75 Å². The Balaban J connectivity index is 1.78. The number of thiocarbonyl (C=S) groups is 1. The zero-order chi connectivity index (χ0) is 19.1. The highest BCUT2D eigenvalue weighted by atomic mass is 79.9. The number of halogens is 1. The first-order valence-electron chi connectivity index (χ1n) is 8.53. The van der Waals surface area contributed by atoms with Crippen LogP contribution in [0.15, 0.2) is 58.2 Å². The van der Waals surface area contributed by atoms with Gasteiger partial charge in [0.25, 0.3) is 0 Å². The molecule has 0 amide bonds. The zero-order valence-corrected chi connectivity index (χ0v) is 17.4. The molecular weight excluding hydrogens is 424 g/mol. The number of rotatable bonds is 3. The van der Waals surface area contributed by atoms with Crippen molar-refractivity contribution in [3.63, 3.8) is 0 Å². The molecule has 1 aliphatic heterocycles. The van der Waals surface area contributed by atoms with E-state index in [0.29, 0.717) is 0 Å². The van der Waals surface area contributed by atoms with Crippen molar-refractivity contribution in [3.05, 3.63) is 64.3 Å². The third-order valence-corrected chi connectivity index (χ3v) is 5.62. The van der Waals surface area contributed by atoms with Gasteiger partial charge in [-0.3, -0.25) is 0 Å². The molecule has 0 fully saturated rings. The predicted molar refractivity (Wildman–Crippen MR) is 116 cm³/mol. The molecule has 2 aromatic carbocycles. The maximum absolute atomic E-state index is 6.01. The van der Waals surface area contributed by atoms with E-state index >= 15 is 0 Å². The summed E-state index contributed by atoms with van der Waals surface area (Å²) in [6, 6.07) is 14.2. The van der Waals surface area contributed by atoms with Gasteiger partial charge in [-0.15, -0.1) is 0 Å². The molecule has 0 radical (unpaired) electrons. The van der Waals surface area contributed by atoms with Crippen LogP contribution in [-0.4, -0.2) is 27.5 Å². The van der Waals surface area contributed by atoms with Crippen molar-refractivity contribution in [1.82, 2.24) is 9.58 Å². The summed E-state index contributed by atoms with van der Waals surface area (Å²) in [4.78, 5) is 0. The van der Waals surface area contributed by atoms with Gasteiger partial charge in [0.15, 0.2) is 5.11 Å². The Kier molecular flexibility index (Phi) is 4.65. The molecule has 2 heterocycles. The highest BCUT2D eigenvalue weighted by molar-refractivity contribution is 9.10. The first-order valence-corrected chi connectivity index (χ1v) is 9.73. The lowest BCUT2D eigenvalue weighted by Crippen LogP contribution is -2.31. The SMILES string of the molecule is COc1ccc2c(c1)c(C1CC(c3ccc(Br)cc3)=NN1C(N)=S)cn2C. The van der Waals surface area contributed by atoms with Gasteiger partial charge >= 0.3 is 0 Å². The van der Waals surface area contributed by atoms with Gasteiger partial charge in [0.05, 0.1) is 18.9 Å². The topological polar surface area (TPSA) is 55.8 Å². The zero-order valence-electron chi connectivity index (χ0n) is 15.0. The largest absolute Gasteiger partial charge is 0.497 e. The second kappa shape index (κ2) is 6.98. The van der Waals surface area contributed by atoms with E-state index in [2.05, 4.69) is 51.0 Å². The van der Waals surface area contributed by atoms with Crippen molar-refractivity contribution in [2.24, 2.45) is 17.9 Å². The van der Waals surface area contributed by atoms with E-state index in [4.69, 9.17) is 27.8 Å². The van der Waals surface area contributed by atoms with Crippen LogP contribution < -0.4 is 10.5 Å². The minimum absolute atomic E-state index is 0.0445. The lowest BCUT2D eigenvalue weighted by atomic mass is 9.98. The lowest BCUT2D eigenvalue weighted by Gasteiger charge is -2.21. The highest BCUT2D eigenvalue weighted by Crippen LogP contribution is 2.38. The number of nitrogens with two attached hydrogens (primary N) is 1. The Morgan fingerprint density at radius 1 is 1.26 bits per heavy atom. The van der Waals surface area contributed by atoms with Gasteiger partial charge in [-0.25, -0.2) is 5.01 Å². The van der Waals surface area contributed by atoms with Gasteiger partial charge in [-0.1, -0.05) is 28.1 Å². The summed E-state index contributed by atoms with van der Waals surface area (Å²) < 4.78 is 8.57. The Morgan fingerprint density at radius 2 is 2.00 bits per heavy atom. The number of methoxy groups -OCH3 is 1. The minimum atomic E-state index is -0.0445. The number of fused-ring (bicyclic) bond motifs is 1. The number of hydrogen-bond donors (Lipinski definition) is 1. The molecule has 27 heavy (non-hydrogen) atoms. The fraction of sp³-hybridized carbons (Fsp3) is 0.200. The molecule has 0 saturated carbocycles. The van der Waals surface area contributed by atoms with Crippen molar-refractivity contribution in [2.75, 3.05) is 7.11 Å². The van der Waals surface area contributed by atoms with Crippen LogP contribution in [0.1, 0.15) is 23.6 Å². The molecule has 7 heteroatoms. The average molecular weight is 443 g/mol. The molecule has 5 nitrogen and oxygen atoms in total. The number of nitrogens with zero attached hydrogens (tertiary/aromatic N) is 3. The van der Waals surface area contributed by atoms with E-state index in [1.165, 1.54) is 0 Å². The van der Waals surface area contributed by atoms with Crippen molar-refractivity contribution in [1.29, 1.82) is 0 Å². The van der Waals surface area contributed by atoms with Crippen molar-refractivity contribution < 1.29 is 4.74 Å². The number of aryl methyl sites for hydroxylation is 1. The van der Waals surface area contributed by atoms with Crippen molar-refractivity contribution in [3.8, 4) is 5.75 Å². The first kappa shape index (κ1) is 18.0. The Hall–Kier alpha value is -2.38. The molecule has 4 rings (SSSR count). The number of aromatic nitrogens is 1. The molecule has 2 N–H and O–H groups in total. The number of benzene rings is 2. The lowest BCUT2D eigenvalue weighted by molar-refractivity contribution is 0.374. The molecule has 0 aliphatic carbocycles. The van der Waals surface area contributed by atoms with Crippen LogP contribution in [0.25, 0.3) is 10.9 Å². The van der Waals surface area contributed by atoms with E-state index in [1.807, 2.05) is 25.2 Å². The van der Waals surface area contributed by atoms with E-state index in [1.54, 1.807) is 12.1 Å². The quantitative estimate of drug-likeness (QED) is 0.612. The van der Waals surface area contributed by atoms with Gasteiger partial charge < -0.3 is 15.0 Å². The molecule has 3 aromatic rings. The minimum Gasteiger partial charge on any atom is -0.497 e. The number of ether oxygens (including phenoxy) is 1. The molecule has 138 valence electrons. The third-order valence-electron chi connectivity index (χ3n) is 4.90. The van der Waals surface area contributed by atoms with Gasteiger partial charge in [0, 0.05) is 40.6 Å². The number of hydrogen-bond acceptors (Lipinski definition) is 3. The monoisotopic (exact) mass is 442 g/mol. The van der Waals surface area contributed by atoms with E-state index < -0.39 is 0 Å². The molecule has 1 aliphatic rings. The van der Waals surface area contributed by atoms with Gasteiger partial charge in [-0.2, -0.15) is 5.10 Å². The molecular formula is C20H19BrN4OS. The van der Waals surface area contributed by atoms with Gasteiger partial charge in [-0.05, 0) is 48.1 Å². The fourth-order valence-electron chi connectivity index (χ4n) is 3.57. The summed E-state index contributed by atoms with van der Waals surface area (Å²) in [5, 5.41) is 7.87. The molecule has 1 atom stereocenters. The van der Waals surface area contributed by atoms with Crippen molar-refractivity contribution >= 4 is 49.9 Å². The van der Waals surface area contributed by atoms with Crippen LogP contribution in [-0.2, 0) is 7.05 Å². The third kappa shape index (κ3) is 3.21. The van der Waals surface area contributed by atoms with Crippen molar-refractivity contribution in [2.45, 2.75) is 12.5 Å². The molecule has 0 spiro atoms. The number of hydrazone groups is 1. The standard InChI is InChI=1S/C20H19BrN4OS/c1-24-11-16(15-9-14(26-2)7-8-18(15)24)19-10-17(23-25(19)20(22)27)12-3-5-13(21)6-4-12/h3-9,11,19H,10H2,1-2H3,(H2,22,27). The second-order valence-electron chi connectivity index (χ2n) is 6.53. The summed E-state index contributed by atoms with van der Waals surface area (Å²) in [6.45, 7) is 0. The van der Waals surface area contributed by atoms with Crippen LogP contribution in [0.2, 0.25) is 0 Å². The smallest absolute Gasteiger partial charge is 0.187 e. The van der Waals surface area contributed by atoms with Crippen LogP contribution in [0.3, 0.4) is 0 Å². The van der Waals surface area contributed by atoms with E-state index in [9.17, 15) is 0 Å². The fourth-order valence-corrected chi connectivity index (χ4v) is 4.00. The average Bonchev–Trinajstić information content (AvgIpc) is 3.24. The summed E-state index contributed by atoms with van der Waals surface area (Å²) in [7, 11) is 3.71. The first-order chi connectivity index (χ1) is 13.0.